The summed E-state index contributed by atoms with van der Waals surface area (Å²) in [6, 6.07) is 11.7. The van der Waals surface area contributed by atoms with E-state index < -0.39 is 0 Å². The number of anilines is 4. The number of H-pyrrole nitrogens is 1. The van der Waals surface area contributed by atoms with Crippen molar-refractivity contribution >= 4 is 40.8 Å². The predicted octanol–water partition coefficient (Wildman–Crippen LogP) is 3.07. The van der Waals surface area contributed by atoms with E-state index in [1.54, 1.807) is 0 Å². The topological polar surface area (TPSA) is 115 Å². The van der Waals surface area contributed by atoms with Gasteiger partial charge in [-0.3, -0.25) is 19.7 Å². The molecule has 39 heavy (non-hydrogen) atoms. The lowest BCUT2D eigenvalue weighted by Gasteiger charge is -2.37. The lowest BCUT2D eigenvalue weighted by Crippen LogP contribution is -2.49. The van der Waals surface area contributed by atoms with Crippen molar-refractivity contribution in [3.05, 3.63) is 42.1 Å². The number of aromatic amines is 1. The van der Waals surface area contributed by atoms with Crippen molar-refractivity contribution in [3.63, 3.8) is 0 Å². The van der Waals surface area contributed by atoms with Gasteiger partial charge in [0.15, 0.2) is 11.0 Å². The van der Waals surface area contributed by atoms with E-state index in [-0.39, 0.29) is 5.91 Å². The molecule has 3 aromatic rings. The third-order valence-corrected chi connectivity index (χ3v) is 7.75. The van der Waals surface area contributed by atoms with E-state index in [4.69, 9.17) is 14.7 Å². The number of rotatable bonds is 10. The van der Waals surface area contributed by atoms with Crippen LogP contribution in [0.1, 0.15) is 19.5 Å². The maximum absolute atomic E-state index is 11.3. The van der Waals surface area contributed by atoms with E-state index in [1.807, 2.05) is 36.4 Å². The van der Waals surface area contributed by atoms with Crippen LogP contribution in [0.3, 0.4) is 0 Å². The van der Waals surface area contributed by atoms with Crippen molar-refractivity contribution in [2.75, 3.05) is 81.1 Å². The number of benzene rings is 1. The standard InChI is InChI=1S/C27H37N9O2S/c1-3-21-18-25(33-32-21)29-24-19-26(31-27(30-24)39-23-6-4-22(5-7-23)28-20(2)37)36-12-10-34(11-13-36)8-9-35-14-16-38-17-15-35/h4-7,18-19H,3,8-17H2,1-2H3,(H,28,37)(H2,29,30,31,32,33). The van der Waals surface area contributed by atoms with Crippen molar-refractivity contribution in [3.8, 4) is 0 Å². The van der Waals surface area contributed by atoms with Gasteiger partial charge >= 0.3 is 0 Å². The zero-order chi connectivity index (χ0) is 27.0. The lowest BCUT2D eigenvalue weighted by molar-refractivity contribution is -0.114. The largest absolute Gasteiger partial charge is 0.379 e. The Balaban J connectivity index is 1.27. The Morgan fingerprint density at radius 1 is 0.974 bits per heavy atom. The molecule has 0 unspecified atom stereocenters. The first kappa shape index (κ1) is 27.4. The van der Waals surface area contributed by atoms with Gasteiger partial charge in [-0.15, -0.1) is 0 Å². The molecule has 0 saturated carbocycles. The summed E-state index contributed by atoms with van der Waals surface area (Å²) in [7, 11) is 0. The zero-order valence-electron chi connectivity index (χ0n) is 22.7. The molecule has 2 aliphatic heterocycles. The summed E-state index contributed by atoms with van der Waals surface area (Å²) in [5, 5.41) is 14.2. The number of piperazine rings is 1. The Morgan fingerprint density at radius 2 is 1.69 bits per heavy atom. The number of aryl methyl sites for hydroxylation is 1. The van der Waals surface area contributed by atoms with Gasteiger partial charge in [0.05, 0.1) is 13.2 Å². The minimum atomic E-state index is -0.0899. The fraction of sp³-hybridized carbons (Fsp3) is 0.481. The van der Waals surface area contributed by atoms with Crippen LogP contribution in [0.5, 0.6) is 0 Å². The van der Waals surface area contributed by atoms with Crippen molar-refractivity contribution in [1.29, 1.82) is 0 Å². The highest BCUT2D eigenvalue weighted by Crippen LogP contribution is 2.30. The first-order chi connectivity index (χ1) is 19.0. The first-order valence-electron chi connectivity index (χ1n) is 13.6. The summed E-state index contributed by atoms with van der Waals surface area (Å²) < 4.78 is 5.47. The number of hydrogen-bond donors (Lipinski definition) is 3. The molecule has 2 aromatic heterocycles. The summed E-state index contributed by atoms with van der Waals surface area (Å²) in [4.78, 5) is 29.4. The molecule has 208 valence electrons. The fourth-order valence-corrected chi connectivity index (χ4v) is 5.41. The van der Waals surface area contributed by atoms with Gasteiger partial charge in [0.2, 0.25) is 5.91 Å². The van der Waals surface area contributed by atoms with Gasteiger partial charge in [-0.1, -0.05) is 6.92 Å². The van der Waals surface area contributed by atoms with E-state index in [9.17, 15) is 4.79 Å². The van der Waals surface area contributed by atoms with E-state index in [2.05, 4.69) is 42.5 Å². The van der Waals surface area contributed by atoms with E-state index in [0.29, 0.717) is 11.0 Å². The molecule has 0 aliphatic carbocycles. The molecule has 2 fully saturated rings. The maximum Gasteiger partial charge on any atom is 0.221 e. The minimum absolute atomic E-state index is 0.0899. The third kappa shape index (κ3) is 7.91. The molecule has 4 heterocycles. The van der Waals surface area contributed by atoms with Crippen LogP contribution in [-0.2, 0) is 16.0 Å². The van der Waals surface area contributed by atoms with Gasteiger partial charge in [0, 0.05) is 87.7 Å². The molecule has 12 heteroatoms. The number of ether oxygens (including phenoxy) is 1. The van der Waals surface area contributed by atoms with Crippen LogP contribution in [0.4, 0.5) is 23.1 Å². The van der Waals surface area contributed by atoms with Crippen LogP contribution in [0.15, 0.2) is 46.5 Å². The van der Waals surface area contributed by atoms with Gasteiger partial charge < -0.3 is 20.3 Å². The minimum Gasteiger partial charge on any atom is -0.379 e. The molecule has 2 saturated heterocycles. The SMILES string of the molecule is CCc1cc(Nc2cc(N3CCN(CCN4CCOCC4)CC3)nc(Sc3ccc(NC(C)=O)cc3)n2)n[nH]1. The highest BCUT2D eigenvalue weighted by atomic mass is 32.2. The Morgan fingerprint density at radius 3 is 2.36 bits per heavy atom. The van der Waals surface area contributed by atoms with Crippen LogP contribution in [0, 0.1) is 0 Å². The summed E-state index contributed by atoms with van der Waals surface area (Å²) in [6.07, 6.45) is 0.884. The quantitative estimate of drug-likeness (QED) is 0.325. The van der Waals surface area contributed by atoms with Crippen LogP contribution in [-0.4, -0.2) is 101 Å². The van der Waals surface area contributed by atoms with Crippen LogP contribution in [0.2, 0.25) is 0 Å². The highest BCUT2D eigenvalue weighted by molar-refractivity contribution is 7.99. The zero-order valence-corrected chi connectivity index (χ0v) is 23.5. The van der Waals surface area contributed by atoms with Gasteiger partial charge in [-0.2, -0.15) is 5.10 Å². The van der Waals surface area contributed by atoms with Crippen LogP contribution < -0.4 is 15.5 Å². The predicted molar refractivity (Wildman–Crippen MR) is 154 cm³/mol. The molecule has 3 N–H and O–H groups in total. The van der Waals surface area contributed by atoms with E-state index >= 15 is 0 Å². The summed E-state index contributed by atoms with van der Waals surface area (Å²) in [5.74, 6) is 2.26. The first-order valence-corrected chi connectivity index (χ1v) is 14.4. The van der Waals surface area contributed by atoms with Crippen molar-refractivity contribution < 1.29 is 9.53 Å². The number of hydrogen-bond acceptors (Lipinski definition) is 10. The number of nitrogens with one attached hydrogen (secondary N) is 3. The normalized spacial score (nSPS) is 16.8. The molecular weight excluding hydrogens is 514 g/mol. The Kier molecular flexibility index (Phi) is 9.30. The molecule has 2 aliphatic rings. The molecule has 1 aromatic carbocycles. The second kappa shape index (κ2) is 13.2. The second-order valence-corrected chi connectivity index (χ2v) is 10.8. The van der Waals surface area contributed by atoms with Crippen LogP contribution in [0.25, 0.3) is 0 Å². The molecule has 11 nitrogen and oxygen atoms in total. The Labute approximate surface area is 233 Å². The molecule has 0 atom stereocenters. The van der Waals surface area contributed by atoms with Gasteiger partial charge in [0.1, 0.15) is 11.6 Å². The summed E-state index contributed by atoms with van der Waals surface area (Å²) in [6.45, 7) is 13.4. The number of nitrogens with zero attached hydrogens (tertiary/aromatic N) is 6. The van der Waals surface area contributed by atoms with Gasteiger partial charge in [0.25, 0.3) is 0 Å². The summed E-state index contributed by atoms with van der Waals surface area (Å²) in [5.41, 5.74) is 1.83. The fourth-order valence-electron chi connectivity index (χ4n) is 4.65. The smallest absolute Gasteiger partial charge is 0.221 e. The monoisotopic (exact) mass is 551 g/mol. The number of aromatic nitrogens is 4. The summed E-state index contributed by atoms with van der Waals surface area (Å²) >= 11 is 1.50. The third-order valence-electron chi connectivity index (χ3n) is 6.88. The number of carbonyl (C=O) groups is 1. The average Bonchev–Trinajstić information content (AvgIpc) is 3.41. The van der Waals surface area contributed by atoms with Crippen molar-refractivity contribution in [2.45, 2.75) is 30.3 Å². The lowest BCUT2D eigenvalue weighted by atomic mass is 10.3. The van der Waals surface area contributed by atoms with E-state index in [0.717, 1.165) is 99.9 Å². The Bertz CT molecular complexity index is 1220. The highest BCUT2D eigenvalue weighted by Gasteiger charge is 2.21. The van der Waals surface area contributed by atoms with Crippen molar-refractivity contribution in [2.24, 2.45) is 0 Å². The van der Waals surface area contributed by atoms with Gasteiger partial charge in [-0.05, 0) is 42.4 Å². The molecule has 0 bridgehead atoms. The molecule has 5 rings (SSSR count). The van der Waals surface area contributed by atoms with Gasteiger partial charge in [-0.25, -0.2) is 9.97 Å². The average molecular weight is 552 g/mol. The maximum atomic E-state index is 11.3. The van der Waals surface area contributed by atoms with Crippen LogP contribution >= 0.6 is 11.8 Å². The van der Waals surface area contributed by atoms with E-state index in [1.165, 1.54) is 18.7 Å². The molecule has 1 amide bonds. The molecule has 0 radical (unpaired) electrons. The number of morpholine rings is 1. The number of amides is 1. The van der Waals surface area contributed by atoms with Crippen molar-refractivity contribution in [1.82, 2.24) is 30.0 Å². The number of carbonyl (C=O) groups excluding carboxylic acids is 1. The second-order valence-electron chi connectivity index (χ2n) is 9.74. The Hall–Kier alpha value is -3.19. The molecular formula is C27H37N9O2S. The molecule has 0 spiro atoms.